The second-order valence-electron chi connectivity index (χ2n) is 0. The normalized spacial score (nSPS) is 0. The molecule has 0 unspecified atom stereocenters. The van der Waals surface area contributed by atoms with E-state index in [-0.39, 0.29) is 94.1 Å². The van der Waals surface area contributed by atoms with Gasteiger partial charge in [0.15, 0.2) is 0 Å². The van der Waals surface area contributed by atoms with Gasteiger partial charge in [0.2, 0.25) is 0 Å². The van der Waals surface area contributed by atoms with Crippen molar-refractivity contribution in [3.63, 3.8) is 0 Å². The standard InChI is InChI=1S/2HI.Li.Sc.H/h2*1H;;;/q;;+1;;-1. The van der Waals surface area contributed by atoms with Crippen LogP contribution >= 0.6 is 48.0 Å². The third-order valence-electron chi connectivity index (χ3n) is 0. The summed E-state index contributed by atoms with van der Waals surface area (Å²) in [6.45, 7) is 0. The van der Waals surface area contributed by atoms with Crippen LogP contribution in [0.15, 0.2) is 0 Å². The Morgan fingerprint density at radius 3 is 1.00 bits per heavy atom. The van der Waals surface area contributed by atoms with Gasteiger partial charge in [0, 0.05) is 25.8 Å². The molecule has 0 aliphatic carbocycles. The molecule has 4 heavy (non-hydrogen) atoms. The summed E-state index contributed by atoms with van der Waals surface area (Å²) in [7, 11) is 0. The fourth-order valence-electron chi connectivity index (χ4n) is 0. The Morgan fingerprint density at radius 2 is 1.00 bits per heavy atom. The Labute approximate surface area is 92.3 Å². The zero-order valence-corrected chi connectivity index (χ0v) is 8.86. The van der Waals surface area contributed by atoms with Gasteiger partial charge in [-0.05, 0) is 0 Å². The molecule has 0 aromatic heterocycles. The quantitative estimate of drug-likeness (QED) is 0.372. The molecule has 4 heteroatoms. The first-order valence-electron chi connectivity index (χ1n) is 0. The molecule has 0 atom stereocenters. The second kappa shape index (κ2) is 16.8. The van der Waals surface area contributed by atoms with Gasteiger partial charge in [-0.2, -0.15) is 0 Å². The van der Waals surface area contributed by atoms with E-state index in [9.17, 15) is 0 Å². The fraction of sp³-hybridized carbons (Fsp3) is 0. The smallest absolute Gasteiger partial charge is 1.00 e. The van der Waals surface area contributed by atoms with Gasteiger partial charge in [-0.25, -0.2) is 0 Å². The van der Waals surface area contributed by atoms with Gasteiger partial charge >= 0.3 is 18.9 Å². The van der Waals surface area contributed by atoms with Crippen LogP contribution in [0.5, 0.6) is 0 Å². The molecule has 0 spiro atoms. The minimum atomic E-state index is 0. The van der Waals surface area contributed by atoms with Crippen molar-refractivity contribution in [1.29, 1.82) is 0 Å². The second-order valence-corrected chi connectivity index (χ2v) is 0. The zero-order valence-electron chi connectivity index (χ0n) is 3.39. The first-order chi connectivity index (χ1) is 0. The molecule has 0 aromatic carbocycles. The van der Waals surface area contributed by atoms with Crippen molar-refractivity contribution in [2.24, 2.45) is 0 Å². The van der Waals surface area contributed by atoms with Crippen LogP contribution in [0, 0.1) is 0 Å². The molecule has 0 aliphatic heterocycles. The summed E-state index contributed by atoms with van der Waals surface area (Å²) in [6, 6.07) is 0. The van der Waals surface area contributed by atoms with Crippen LogP contribution in [0.3, 0.4) is 0 Å². The molecular weight excluding hydrogens is 306 g/mol. The third-order valence-corrected chi connectivity index (χ3v) is 0. The molecule has 0 nitrogen and oxygen atoms in total. The predicted molar refractivity (Wildman–Crippen MR) is 31.9 cm³/mol. The minimum absolute atomic E-state index is 0. The number of hydrogen-bond donors (Lipinski definition) is 0. The van der Waals surface area contributed by atoms with Crippen molar-refractivity contribution >= 4 is 48.0 Å². The van der Waals surface area contributed by atoms with Gasteiger partial charge in [-0.1, -0.05) is 0 Å². The van der Waals surface area contributed by atoms with Gasteiger partial charge in [0.05, 0.1) is 0 Å². The molecule has 0 heterocycles. The molecule has 1 radical (unpaired) electrons. The topological polar surface area (TPSA) is 0 Å². The Hall–Kier alpha value is 2.93. The molecule has 0 aliphatic rings. The van der Waals surface area contributed by atoms with Crippen LogP contribution in [0.1, 0.15) is 1.43 Å². The van der Waals surface area contributed by atoms with Crippen molar-refractivity contribution in [2.75, 3.05) is 0 Å². The van der Waals surface area contributed by atoms with Crippen molar-refractivity contribution in [3.05, 3.63) is 0 Å². The van der Waals surface area contributed by atoms with Crippen LogP contribution in [0.25, 0.3) is 0 Å². The van der Waals surface area contributed by atoms with Crippen LogP contribution in [0.4, 0.5) is 0 Å². The van der Waals surface area contributed by atoms with Crippen molar-refractivity contribution in [2.45, 2.75) is 0 Å². The van der Waals surface area contributed by atoms with Crippen LogP contribution in [0.2, 0.25) is 0 Å². The number of rotatable bonds is 0. The summed E-state index contributed by atoms with van der Waals surface area (Å²) in [5.41, 5.74) is 0. The van der Waals surface area contributed by atoms with Crippen molar-refractivity contribution in [3.8, 4) is 0 Å². The Morgan fingerprint density at radius 1 is 1.00 bits per heavy atom. The molecule has 21 valence electrons. The Bertz CT molecular complexity index is 9.61. The summed E-state index contributed by atoms with van der Waals surface area (Å²) in [5.74, 6) is 0. The molecule has 0 N–H and O–H groups in total. The summed E-state index contributed by atoms with van der Waals surface area (Å²) in [4.78, 5) is 0. The van der Waals surface area contributed by atoms with E-state index >= 15 is 0 Å². The van der Waals surface area contributed by atoms with Crippen molar-refractivity contribution in [1.82, 2.24) is 0 Å². The molecule has 0 amide bonds. The minimum Gasteiger partial charge on any atom is -1.00 e. The molecule has 0 fully saturated rings. The zero-order chi connectivity index (χ0) is 0. The average molecular weight is 309 g/mol. The van der Waals surface area contributed by atoms with E-state index in [1.165, 1.54) is 0 Å². The summed E-state index contributed by atoms with van der Waals surface area (Å²) in [5, 5.41) is 0. The maximum atomic E-state index is 0. The van der Waals surface area contributed by atoms with E-state index in [1.807, 2.05) is 0 Å². The average Bonchev–Trinajstić information content (AvgIpc) is 0. The monoisotopic (exact) mass is 309 g/mol. The van der Waals surface area contributed by atoms with Gasteiger partial charge in [0.25, 0.3) is 0 Å². The molecular formula is H3I2LiSc. The molecule has 0 rings (SSSR count). The van der Waals surface area contributed by atoms with E-state index < -0.39 is 0 Å². The Balaban J connectivity index is 0. The van der Waals surface area contributed by atoms with E-state index in [1.54, 1.807) is 0 Å². The first kappa shape index (κ1) is 28.4. The predicted octanol–water partition coefficient (Wildman–Crippen LogP) is -1.65. The first-order valence-corrected chi connectivity index (χ1v) is 0. The number of hydrogen-bond acceptors (Lipinski definition) is 0. The summed E-state index contributed by atoms with van der Waals surface area (Å²) < 4.78 is 0. The summed E-state index contributed by atoms with van der Waals surface area (Å²) >= 11 is 0. The maximum absolute atomic E-state index is 0. The molecule has 0 aromatic rings. The third kappa shape index (κ3) is 8.87. The fourth-order valence-corrected chi connectivity index (χ4v) is 0. The van der Waals surface area contributed by atoms with Crippen LogP contribution < -0.4 is 18.9 Å². The summed E-state index contributed by atoms with van der Waals surface area (Å²) in [6.07, 6.45) is 0. The van der Waals surface area contributed by atoms with Gasteiger partial charge in [-0.15, -0.1) is 48.0 Å². The van der Waals surface area contributed by atoms with Crippen LogP contribution in [-0.2, 0) is 25.8 Å². The van der Waals surface area contributed by atoms with Gasteiger partial charge in [0.1, 0.15) is 0 Å². The van der Waals surface area contributed by atoms with E-state index in [0.29, 0.717) is 0 Å². The van der Waals surface area contributed by atoms with Crippen LogP contribution in [-0.4, -0.2) is 0 Å². The Kier molecular flexibility index (Phi) is 119. The SMILES string of the molecule is I.I.[H-].[Li+].[Sc]. The molecule has 0 saturated heterocycles. The van der Waals surface area contributed by atoms with E-state index in [0.717, 1.165) is 0 Å². The molecule has 0 saturated carbocycles. The van der Waals surface area contributed by atoms with Gasteiger partial charge < -0.3 is 1.43 Å². The number of halogens is 2. The van der Waals surface area contributed by atoms with E-state index in [4.69, 9.17) is 0 Å². The van der Waals surface area contributed by atoms with Crippen molar-refractivity contribution < 1.29 is 46.1 Å². The van der Waals surface area contributed by atoms with Gasteiger partial charge in [-0.3, -0.25) is 0 Å². The maximum Gasteiger partial charge on any atom is 1.00 e. The molecule has 0 bridgehead atoms. The van der Waals surface area contributed by atoms with E-state index in [2.05, 4.69) is 0 Å². The largest absolute Gasteiger partial charge is 1.00 e.